The van der Waals surface area contributed by atoms with E-state index in [1.165, 1.54) is 0 Å². The molecule has 152 valence electrons. The third-order valence-electron chi connectivity index (χ3n) is 6.27. The van der Waals surface area contributed by atoms with Crippen molar-refractivity contribution in [2.24, 2.45) is 17.6 Å². The summed E-state index contributed by atoms with van der Waals surface area (Å²) in [5, 5.41) is 13.9. The number of nitrogens with one attached hydrogen (secondary N) is 2. The van der Waals surface area contributed by atoms with Crippen molar-refractivity contribution in [1.82, 2.24) is 15.8 Å². The monoisotopic (exact) mass is 386 g/mol. The van der Waals surface area contributed by atoms with Gasteiger partial charge in [-0.1, -0.05) is 30.3 Å². The molecule has 2 atom stereocenters. The number of aliphatic hydroxyl groups excluding tert-OH is 1. The van der Waals surface area contributed by atoms with Crippen molar-refractivity contribution in [1.29, 1.82) is 0 Å². The van der Waals surface area contributed by atoms with E-state index in [1.807, 2.05) is 42.3 Å². The zero-order valence-electron chi connectivity index (χ0n) is 16.5. The summed E-state index contributed by atoms with van der Waals surface area (Å²) in [5.74, 6) is -0.516. The molecule has 3 rings (SSSR count). The SMILES string of the molecule is CNC(=O)C1=CC(C(N)=O)(C2CCC(CO)CC2)N([C@@H](C)c2ccccc2)N1. The highest BCUT2D eigenvalue weighted by atomic mass is 16.3. The maximum absolute atomic E-state index is 12.9. The normalized spacial score (nSPS) is 28.9. The first-order valence-electron chi connectivity index (χ1n) is 9.90. The molecule has 1 aromatic carbocycles. The van der Waals surface area contributed by atoms with Crippen LogP contribution in [0, 0.1) is 11.8 Å². The Hall–Kier alpha value is -2.38. The molecule has 1 aromatic rings. The first-order valence-corrected chi connectivity index (χ1v) is 9.90. The summed E-state index contributed by atoms with van der Waals surface area (Å²) in [4.78, 5) is 25.2. The molecule has 0 aromatic heterocycles. The minimum atomic E-state index is -1.10. The summed E-state index contributed by atoms with van der Waals surface area (Å²) in [6, 6.07) is 9.67. The summed E-state index contributed by atoms with van der Waals surface area (Å²) in [6.45, 7) is 2.16. The van der Waals surface area contributed by atoms with Crippen LogP contribution in [-0.4, -0.2) is 41.1 Å². The highest BCUT2D eigenvalue weighted by molar-refractivity contribution is 5.97. The second-order valence-electron chi connectivity index (χ2n) is 7.80. The Labute approximate surface area is 165 Å². The van der Waals surface area contributed by atoms with Crippen molar-refractivity contribution < 1.29 is 14.7 Å². The number of amides is 2. The average molecular weight is 386 g/mol. The molecule has 7 nitrogen and oxygen atoms in total. The highest BCUT2D eigenvalue weighted by Crippen LogP contribution is 2.44. The predicted octanol–water partition coefficient (Wildman–Crippen LogP) is 1.22. The first-order chi connectivity index (χ1) is 13.4. The topological polar surface area (TPSA) is 108 Å². The van der Waals surface area contributed by atoms with Crippen molar-refractivity contribution >= 4 is 11.8 Å². The third-order valence-corrected chi connectivity index (χ3v) is 6.27. The Morgan fingerprint density at radius 2 is 1.93 bits per heavy atom. The highest BCUT2D eigenvalue weighted by Gasteiger charge is 2.54. The zero-order chi connectivity index (χ0) is 20.3. The van der Waals surface area contributed by atoms with E-state index in [0.29, 0.717) is 5.70 Å². The van der Waals surface area contributed by atoms with Crippen LogP contribution < -0.4 is 16.5 Å². The van der Waals surface area contributed by atoms with E-state index in [2.05, 4.69) is 10.7 Å². The zero-order valence-corrected chi connectivity index (χ0v) is 16.5. The Balaban J connectivity index is 2.01. The molecule has 1 aliphatic carbocycles. The number of likely N-dealkylation sites (N-methyl/N-ethyl adjacent to an activating group) is 1. The van der Waals surface area contributed by atoms with Gasteiger partial charge in [-0.2, -0.15) is 5.01 Å². The van der Waals surface area contributed by atoms with Gasteiger partial charge >= 0.3 is 0 Å². The van der Waals surface area contributed by atoms with Gasteiger partial charge in [0.15, 0.2) is 0 Å². The minimum Gasteiger partial charge on any atom is -0.396 e. The van der Waals surface area contributed by atoms with Gasteiger partial charge in [-0.25, -0.2) is 0 Å². The van der Waals surface area contributed by atoms with Crippen LogP contribution in [0.2, 0.25) is 0 Å². The first kappa shape index (κ1) is 20.4. The number of nitrogens with two attached hydrogens (primary N) is 1. The fraction of sp³-hybridized carbons (Fsp3) is 0.524. The molecule has 0 spiro atoms. The number of rotatable bonds is 6. The molecule has 28 heavy (non-hydrogen) atoms. The van der Waals surface area contributed by atoms with Gasteiger partial charge in [0.2, 0.25) is 5.91 Å². The lowest BCUT2D eigenvalue weighted by molar-refractivity contribution is -0.135. The van der Waals surface area contributed by atoms with Crippen LogP contribution in [-0.2, 0) is 9.59 Å². The van der Waals surface area contributed by atoms with E-state index < -0.39 is 11.4 Å². The van der Waals surface area contributed by atoms with Gasteiger partial charge in [-0.15, -0.1) is 0 Å². The van der Waals surface area contributed by atoms with E-state index in [1.54, 1.807) is 13.1 Å². The number of carbonyl (C=O) groups is 2. The van der Waals surface area contributed by atoms with Crippen LogP contribution >= 0.6 is 0 Å². The van der Waals surface area contributed by atoms with E-state index in [4.69, 9.17) is 5.73 Å². The minimum absolute atomic E-state index is 0.0337. The number of primary amides is 1. The summed E-state index contributed by atoms with van der Waals surface area (Å²) < 4.78 is 0. The molecule has 1 heterocycles. The van der Waals surface area contributed by atoms with Gasteiger partial charge in [0, 0.05) is 13.7 Å². The van der Waals surface area contributed by atoms with Crippen LogP contribution in [0.25, 0.3) is 0 Å². The Kier molecular flexibility index (Phi) is 6.05. The number of aliphatic hydroxyl groups is 1. The number of hydrazine groups is 1. The molecule has 2 aliphatic rings. The summed E-state index contributed by atoms with van der Waals surface area (Å²) >= 11 is 0. The van der Waals surface area contributed by atoms with Gasteiger partial charge in [0.05, 0.1) is 6.04 Å². The number of hydrogen-bond donors (Lipinski definition) is 4. The second-order valence-corrected chi connectivity index (χ2v) is 7.80. The number of carbonyl (C=O) groups excluding carboxylic acids is 2. The van der Waals surface area contributed by atoms with Gasteiger partial charge < -0.3 is 21.6 Å². The molecule has 0 radical (unpaired) electrons. The molecular weight excluding hydrogens is 356 g/mol. The van der Waals surface area contributed by atoms with Crippen molar-refractivity contribution in [2.75, 3.05) is 13.7 Å². The van der Waals surface area contributed by atoms with E-state index in [0.717, 1.165) is 31.2 Å². The van der Waals surface area contributed by atoms with Gasteiger partial charge in [0.25, 0.3) is 5.91 Å². The molecule has 0 saturated heterocycles. The lowest BCUT2D eigenvalue weighted by atomic mass is 9.70. The Morgan fingerprint density at radius 3 is 2.46 bits per heavy atom. The smallest absolute Gasteiger partial charge is 0.268 e. The molecule has 1 aliphatic heterocycles. The van der Waals surface area contributed by atoms with Crippen LogP contribution in [0.15, 0.2) is 42.1 Å². The fourth-order valence-electron chi connectivity index (χ4n) is 4.58. The lowest BCUT2D eigenvalue weighted by Crippen LogP contribution is -2.62. The van der Waals surface area contributed by atoms with Crippen LogP contribution in [0.1, 0.15) is 44.2 Å². The molecule has 5 N–H and O–H groups in total. The summed E-state index contributed by atoms with van der Waals surface area (Å²) in [5.41, 5.74) is 9.43. The van der Waals surface area contributed by atoms with E-state index in [9.17, 15) is 14.7 Å². The molecule has 1 saturated carbocycles. The second kappa shape index (κ2) is 8.32. The molecule has 1 fully saturated rings. The largest absolute Gasteiger partial charge is 0.396 e. The summed E-state index contributed by atoms with van der Waals surface area (Å²) in [7, 11) is 1.56. The average Bonchev–Trinajstić information content (AvgIpc) is 3.15. The van der Waals surface area contributed by atoms with Gasteiger partial charge in [-0.05, 0) is 56.1 Å². The van der Waals surface area contributed by atoms with Crippen molar-refractivity contribution in [3.05, 3.63) is 47.7 Å². The van der Waals surface area contributed by atoms with Crippen LogP contribution in [0.4, 0.5) is 0 Å². The molecule has 0 bridgehead atoms. The maximum atomic E-state index is 12.9. The molecular formula is C21H30N4O3. The maximum Gasteiger partial charge on any atom is 0.268 e. The molecule has 7 heteroatoms. The molecule has 2 amide bonds. The quantitative estimate of drug-likeness (QED) is 0.588. The third kappa shape index (κ3) is 3.52. The standard InChI is InChI=1S/C21H30N4O3/c1-14(16-6-4-3-5-7-16)25-21(20(22)28,12-18(24-25)19(27)23-2)17-10-8-15(13-26)9-11-17/h3-7,12,14-15,17,24,26H,8-11,13H2,1-2H3,(H2,22,28)(H,23,27)/t14-,15?,17?,21?/m0/s1. The van der Waals surface area contributed by atoms with Crippen molar-refractivity contribution in [3.8, 4) is 0 Å². The van der Waals surface area contributed by atoms with Crippen LogP contribution in [0.3, 0.4) is 0 Å². The number of nitrogens with zero attached hydrogens (tertiary/aromatic N) is 1. The van der Waals surface area contributed by atoms with Gasteiger partial charge in [0.1, 0.15) is 11.2 Å². The Bertz CT molecular complexity index is 743. The summed E-state index contributed by atoms with van der Waals surface area (Å²) in [6.07, 6.45) is 4.92. The lowest BCUT2D eigenvalue weighted by Gasteiger charge is -2.45. The number of hydrogen-bond acceptors (Lipinski definition) is 5. The van der Waals surface area contributed by atoms with E-state index in [-0.39, 0.29) is 30.4 Å². The van der Waals surface area contributed by atoms with Crippen LogP contribution in [0.5, 0.6) is 0 Å². The predicted molar refractivity (Wildman–Crippen MR) is 106 cm³/mol. The van der Waals surface area contributed by atoms with Crippen molar-refractivity contribution in [2.45, 2.75) is 44.2 Å². The Morgan fingerprint density at radius 1 is 1.29 bits per heavy atom. The molecule has 1 unspecified atom stereocenters. The van der Waals surface area contributed by atoms with Crippen molar-refractivity contribution in [3.63, 3.8) is 0 Å². The fourth-order valence-corrected chi connectivity index (χ4v) is 4.58. The van der Waals surface area contributed by atoms with E-state index >= 15 is 0 Å². The van der Waals surface area contributed by atoms with Gasteiger partial charge in [-0.3, -0.25) is 9.59 Å². The number of benzene rings is 1.